The molecule has 1 aliphatic rings. The monoisotopic (exact) mass is 264 g/mol. The van der Waals surface area contributed by atoms with Crippen molar-refractivity contribution in [1.29, 1.82) is 0 Å². The number of nitrogens with one attached hydrogen (secondary N) is 1. The molecule has 1 aliphatic heterocycles. The summed E-state index contributed by atoms with van der Waals surface area (Å²) in [5.74, 6) is 0.631. The van der Waals surface area contributed by atoms with Crippen molar-refractivity contribution in [2.75, 3.05) is 51.7 Å². The quantitative estimate of drug-likeness (QED) is 0.793. The molecule has 1 saturated heterocycles. The molecule has 0 atom stereocenters. The maximum absolute atomic E-state index is 12.4. The summed E-state index contributed by atoms with van der Waals surface area (Å²) in [7, 11) is 1.76. The highest BCUT2D eigenvalue weighted by molar-refractivity contribution is 5.98. The molecule has 2 N–H and O–H groups in total. The molecule has 0 saturated carbocycles. The number of aliphatic hydroxyl groups is 1. The lowest BCUT2D eigenvalue weighted by atomic mass is 10.2. The van der Waals surface area contributed by atoms with Crippen LogP contribution in [0.25, 0.3) is 0 Å². The van der Waals surface area contributed by atoms with E-state index in [2.05, 4.69) is 15.2 Å². The summed E-state index contributed by atoms with van der Waals surface area (Å²) >= 11 is 0. The average Bonchev–Trinajstić information content (AvgIpc) is 2.47. The number of aliphatic hydroxyl groups excluding tert-OH is 1. The van der Waals surface area contributed by atoms with Crippen molar-refractivity contribution in [1.82, 2.24) is 14.8 Å². The van der Waals surface area contributed by atoms with Gasteiger partial charge in [-0.3, -0.25) is 9.69 Å². The zero-order valence-corrected chi connectivity index (χ0v) is 11.2. The molecule has 0 aliphatic carbocycles. The van der Waals surface area contributed by atoms with E-state index in [0.717, 1.165) is 13.1 Å². The number of β-amino-alcohol motifs (C(OH)–C–C–N with tert-alkyl or cyclic N) is 1. The van der Waals surface area contributed by atoms with Gasteiger partial charge in [-0.15, -0.1) is 0 Å². The standard InChI is InChI=1S/C13H20N4O2/c1-14-12-11(3-2-4-15-12)13(19)17-7-5-16(6-8-17)9-10-18/h2-4,18H,5-10H2,1H3,(H,14,15). The Labute approximate surface area is 113 Å². The topological polar surface area (TPSA) is 68.7 Å². The van der Waals surface area contributed by atoms with E-state index in [9.17, 15) is 4.79 Å². The van der Waals surface area contributed by atoms with Crippen LogP contribution in [0.1, 0.15) is 10.4 Å². The van der Waals surface area contributed by atoms with E-state index < -0.39 is 0 Å². The minimum absolute atomic E-state index is 0.0149. The van der Waals surface area contributed by atoms with Crippen LogP contribution in [0.2, 0.25) is 0 Å². The second kappa shape index (κ2) is 6.49. The van der Waals surface area contributed by atoms with Crippen molar-refractivity contribution in [3.05, 3.63) is 23.9 Å². The fourth-order valence-corrected chi connectivity index (χ4v) is 2.26. The molecule has 1 amide bonds. The van der Waals surface area contributed by atoms with Gasteiger partial charge in [0.2, 0.25) is 0 Å². The third-order valence-electron chi connectivity index (χ3n) is 3.35. The lowest BCUT2D eigenvalue weighted by molar-refractivity contribution is 0.0615. The van der Waals surface area contributed by atoms with Gasteiger partial charge >= 0.3 is 0 Å². The number of amides is 1. The number of hydrogen-bond acceptors (Lipinski definition) is 5. The molecular formula is C13H20N4O2. The highest BCUT2D eigenvalue weighted by atomic mass is 16.3. The first kappa shape index (κ1) is 13.8. The maximum Gasteiger partial charge on any atom is 0.257 e. The van der Waals surface area contributed by atoms with E-state index in [-0.39, 0.29) is 12.5 Å². The van der Waals surface area contributed by atoms with Gasteiger partial charge in [0.05, 0.1) is 12.2 Å². The molecule has 19 heavy (non-hydrogen) atoms. The van der Waals surface area contributed by atoms with Crippen LogP contribution in [0.3, 0.4) is 0 Å². The Kier molecular flexibility index (Phi) is 4.70. The van der Waals surface area contributed by atoms with Crippen LogP contribution in [0, 0.1) is 0 Å². The Morgan fingerprint density at radius 1 is 1.42 bits per heavy atom. The number of nitrogens with zero attached hydrogens (tertiary/aromatic N) is 3. The molecule has 0 spiro atoms. The highest BCUT2D eigenvalue weighted by Crippen LogP contribution is 2.15. The van der Waals surface area contributed by atoms with Crippen LogP contribution in [0.15, 0.2) is 18.3 Å². The van der Waals surface area contributed by atoms with E-state index in [1.807, 2.05) is 4.90 Å². The Balaban J connectivity index is 2.01. The molecular weight excluding hydrogens is 244 g/mol. The molecule has 0 aromatic carbocycles. The van der Waals surface area contributed by atoms with E-state index in [4.69, 9.17) is 5.11 Å². The van der Waals surface area contributed by atoms with Gasteiger partial charge in [-0.25, -0.2) is 4.98 Å². The zero-order chi connectivity index (χ0) is 13.7. The van der Waals surface area contributed by atoms with Crippen LogP contribution in [0.4, 0.5) is 5.82 Å². The van der Waals surface area contributed by atoms with Crippen LogP contribution < -0.4 is 5.32 Å². The number of piperazine rings is 1. The molecule has 0 unspecified atom stereocenters. The number of aromatic nitrogens is 1. The Morgan fingerprint density at radius 3 is 2.79 bits per heavy atom. The lowest BCUT2D eigenvalue weighted by Gasteiger charge is -2.34. The Bertz CT molecular complexity index is 430. The molecule has 6 heteroatoms. The molecule has 0 radical (unpaired) electrons. The minimum atomic E-state index is 0.0149. The Morgan fingerprint density at radius 2 is 2.16 bits per heavy atom. The van der Waals surface area contributed by atoms with Gasteiger partial charge < -0.3 is 15.3 Å². The van der Waals surface area contributed by atoms with Gasteiger partial charge in [0.1, 0.15) is 5.82 Å². The number of rotatable bonds is 4. The van der Waals surface area contributed by atoms with Crippen LogP contribution in [-0.2, 0) is 0 Å². The second-order valence-corrected chi connectivity index (χ2v) is 4.51. The molecule has 2 rings (SSSR count). The van der Waals surface area contributed by atoms with Gasteiger partial charge in [0.15, 0.2) is 0 Å². The van der Waals surface area contributed by atoms with E-state index in [0.29, 0.717) is 31.0 Å². The van der Waals surface area contributed by atoms with Crippen LogP contribution >= 0.6 is 0 Å². The first-order valence-electron chi connectivity index (χ1n) is 6.51. The zero-order valence-electron chi connectivity index (χ0n) is 11.2. The van der Waals surface area contributed by atoms with Crippen LogP contribution in [0.5, 0.6) is 0 Å². The first-order valence-corrected chi connectivity index (χ1v) is 6.51. The number of anilines is 1. The van der Waals surface area contributed by atoms with Crippen molar-refractivity contribution in [2.24, 2.45) is 0 Å². The summed E-state index contributed by atoms with van der Waals surface area (Å²) in [6.07, 6.45) is 1.67. The number of pyridine rings is 1. The van der Waals surface area contributed by atoms with Crippen molar-refractivity contribution in [2.45, 2.75) is 0 Å². The number of carbonyl (C=O) groups excluding carboxylic acids is 1. The molecule has 104 valence electrons. The molecule has 1 aromatic heterocycles. The molecule has 0 bridgehead atoms. The summed E-state index contributed by atoms with van der Waals surface area (Å²) in [5, 5.41) is 11.8. The van der Waals surface area contributed by atoms with Crippen molar-refractivity contribution in [3.8, 4) is 0 Å². The summed E-state index contributed by atoms with van der Waals surface area (Å²) in [5.41, 5.74) is 0.612. The minimum Gasteiger partial charge on any atom is -0.395 e. The average molecular weight is 264 g/mol. The van der Waals surface area contributed by atoms with Crippen molar-refractivity contribution >= 4 is 11.7 Å². The SMILES string of the molecule is CNc1ncccc1C(=O)N1CCN(CCO)CC1. The summed E-state index contributed by atoms with van der Waals surface area (Å²) in [6.45, 7) is 3.84. The number of carbonyl (C=O) groups is 1. The van der Waals surface area contributed by atoms with Crippen molar-refractivity contribution < 1.29 is 9.90 Å². The van der Waals surface area contributed by atoms with Crippen molar-refractivity contribution in [3.63, 3.8) is 0 Å². The second-order valence-electron chi connectivity index (χ2n) is 4.51. The normalized spacial score (nSPS) is 16.4. The molecule has 6 nitrogen and oxygen atoms in total. The lowest BCUT2D eigenvalue weighted by Crippen LogP contribution is -2.49. The van der Waals surface area contributed by atoms with Gasteiger partial charge in [-0.1, -0.05) is 0 Å². The predicted molar refractivity (Wildman–Crippen MR) is 73.2 cm³/mol. The molecule has 2 heterocycles. The van der Waals surface area contributed by atoms with Gasteiger partial charge in [0, 0.05) is 46.0 Å². The van der Waals surface area contributed by atoms with Gasteiger partial charge in [-0.05, 0) is 12.1 Å². The number of hydrogen-bond donors (Lipinski definition) is 2. The predicted octanol–water partition coefficient (Wildman–Crippen LogP) is -0.127. The largest absolute Gasteiger partial charge is 0.395 e. The fourth-order valence-electron chi connectivity index (χ4n) is 2.26. The van der Waals surface area contributed by atoms with Gasteiger partial charge in [0.25, 0.3) is 5.91 Å². The fraction of sp³-hybridized carbons (Fsp3) is 0.538. The van der Waals surface area contributed by atoms with E-state index in [1.165, 1.54) is 0 Å². The first-order chi connectivity index (χ1) is 9.26. The third-order valence-corrected chi connectivity index (χ3v) is 3.35. The van der Waals surface area contributed by atoms with Crippen LogP contribution in [-0.4, -0.2) is 72.2 Å². The van der Waals surface area contributed by atoms with Gasteiger partial charge in [-0.2, -0.15) is 0 Å². The summed E-state index contributed by atoms with van der Waals surface area (Å²) in [4.78, 5) is 20.6. The summed E-state index contributed by atoms with van der Waals surface area (Å²) in [6, 6.07) is 3.57. The smallest absolute Gasteiger partial charge is 0.257 e. The maximum atomic E-state index is 12.4. The van der Waals surface area contributed by atoms with E-state index >= 15 is 0 Å². The third kappa shape index (κ3) is 3.21. The molecule has 1 aromatic rings. The van der Waals surface area contributed by atoms with E-state index in [1.54, 1.807) is 25.4 Å². The Hall–Kier alpha value is -1.66. The summed E-state index contributed by atoms with van der Waals surface area (Å²) < 4.78 is 0. The molecule has 1 fully saturated rings. The highest BCUT2D eigenvalue weighted by Gasteiger charge is 2.23.